The Hall–Kier alpha value is -3.72. The summed E-state index contributed by atoms with van der Waals surface area (Å²) in [5, 5.41) is 18.6. The fourth-order valence-electron chi connectivity index (χ4n) is 5.98. The molecule has 0 spiro atoms. The number of carboxylic acids is 1. The number of nitrogens with one attached hydrogen (secondary N) is 1. The highest BCUT2D eigenvalue weighted by atomic mass is 16.4. The molecule has 1 unspecified atom stereocenters. The number of anilines is 2. The third-order valence-electron chi connectivity index (χ3n) is 8.03. The van der Waals surface area contributed by atoms with Crippen molar-refractivity contribution in [3.05, 3.63) is 64.4 Å². The number of amides is 1. The summed E-state index contributed by atoms with van der Waals surface area (Å²) in [6.45, 7) is 6.06. The minimum absolute atomic E-state index is 0.0607. The summed E-state index contributed by atoms with van der Waals surface area (Å²) in [5.74, 6) is -0.0774. The molecule has 2 N–H and O–H groups in total. The Balaban J connectivity index is 1.22. The fourth-order valence-corrected chi connectivity index (χ4v) is 5.98. The van der Waals surface area contributed by atoms with Crippen molar-refractivity contribution in [3.8, 4) is 0 Å². The Bertz CT molecular complexity index is 1400. The molecule has 2 aliphatic heterocycles. The van der Waals surface area contributed by atoms with Crippen LogP contribution in [-0.2, 0) is 16.1 Å². The van der Waals surface area contributed by atoms with Gasteiger partial charge in [0.05, 0.1) is 11.3 Å². The SMILES string of the molecule is CC(=O)Nc1cccc(C2CCN(CCCn3nc(N4CCCC(C(=O)O)C4)c4ccccc4c3=O)CC2)c1. The molecule has 0 saturated carbocycles. The minimum Gasteiger partial charge on any atom is -0.481 e. The van der Waals surface area contributed by atoms with Crippen LogP contribution in [0.3, 0.4) is 0 Å². The first-order chi connectivity index (χ1) is 18.9. The van der Waals surface area contributed by atoms with E-state index in [9.17, 15) is 19.5 Å². The first kappa shape index (κ1) is 26.9. The topological polar surface area (TPSA) is 108 Å². The van der Waals surface area contributed by atoms with Gasteiger partial charge in [0.1, 0.15) is 0 Å². The van der Waals surface area contributed by atoms with Crippen molar-refractivity contribution < 1.29 is 14.7 Å². The third-order valence-corrected chi connectivity index (χ3v) is 8.03. The number of aryl methyl sites for hydroxylation is 1. The predicted octanol–water partition coefficient (Wildman–Crippen LogP) is 3.93. The van der Waals surface area contributed by atoms with E-state index in [2.05, 4.69) is 22.3 Å². The molecule has 2 aromatic carbocycles. The zero-order valence-electron chi connectivity index (χ0n) is 22.5. The average Bonchev–Trinajstić information content (AvgIpc) is 2.94. The summed E-state index contributed by atoms with van der Waals surface area (Å²) in [5.41, 5.74) is 2.01. The minimum atomic E-state index is -0.776. The van der Waals surface area contributed by atoms with E-state index in [1.54, 1.807) is 4.68 Å². The Kier molecular flexibility index (Phi) is 8.26. The van der Waals surface area contributed by atoms with Gasteiger partial charge in [-0.2, -0.15) is 5.10 Å². The van der Waals surface area contributed by atoms with Crippen LogP contribution in [0.1, 0.15) is 50.5 Å². The van der Waals surface area contributed by atoms with Crippen molar-refractivity contribution in [1.29, 1.82) is 0 Å². The Morgan fingerprint density at radius 1 is 1.00 bits per heavy atom. The van der Waals surface area contributed by atoms with Gasteiger partial charge in [0.25, 0.3) is 5.56 Å². The van der Waals surface area contributed by atoms with E-state index < -0.39 is 11.9 Å². The second kappa shape index (κ2) is 12.0. The van der Waals surface area contributed by atoms with Gasteiger partial charge in [0, 0.05) is 37.6 Å². The number of hydrogen-bond acceptors (Lipinski definition) is 6. The molecule has 3 aromatic rings. The molecule has 3 heterocycles. The smallest absolute Gasteiger partial charge is 0.308 e. The predicted molar refractivity (Wildman–Crippen MR) is 152 cm³/mol. The molecule has 1 amide bonds. The zero-order valence-corrected chi connectivity index (χ0v) is 22.5. The number of aliphatic carboxylic acids is 1. The summed E-state index contributed by atoms with van der Waals surface area (Å²) in [6, 6.07) is 15.7. The van der Waals surface area contributed by atoms with Crippen molar-refractivity contribution in [3.63, 3.8) is 0 Å². The largest absolute Gasteiger partial charge is 0.481 e. The number of carbonyl (C=O) groups excluding carboxylic acids is 1. The molecule has 2 saturated heterocycles. The number of piperidine rings is 2. The lowest BCUT2D eigenvalue weighted by Crippen LogP contribution is -2.40. The molecular weight excluding hydrogens is 494 g/mol. The van der Waals surface area contributed by atoms with Gasteiger partial charge in [-0.25, -0.2) is 4.68 Å². The second-order valence-corrected chi connectivity index (χ2v) is 10.8. The summed E-state index contributed by atoms with van der Waals surface area (Å²) < 4.78 is 1.57. The van der Waals surface area contributed by atoms with Crippen LogP contribution in [0.4, 0.5) is 11.5 Å². The molecule has 2 fully saturated rings. The lowest BCUT2D eigenvalue weighted by Gasteiger charge is -2.33. The fraction of sp³-hybridized carbons (Fsp3) is 0.467. The summed E-state index contributed by atoms with van der Waals surface area (Å²) in [7, 11) is 0. The van der Waals surface area contributed by atoms with Crippen LogP contribution in [0.15, 0.2) is 53.3 Å². The van der Waals surface area contributed by atoms with E-state index in [4.69, 9.17) is 5.10 Å². The van der Waals surface area contributed by atoms with Gasteiger partial charge in [-0.05, 0) is 81.4 Å². The van der Waals surface area contributed by atoms with Crippen LogP contribution in [0, 0.1) is 5.92 Å². The van der Waals surface area contributed by atoms with Gasteiger partial charge in [0.2, 0.25) is 5.91 Å². The monoisotopic (exact) mass is 531 g/mol. The van der Waals surface area contributed by atoms with E-state index >= 15 is 0 Å². The van der Waals surface area contributed by atoms with Crippen LogP contribution in [0.25, 0.3) is 10.8 Å². The molecule has 2 aliphatic rings. The highest BCUT2D eigenvalue weighted by molar-refractivity contribution is 5.91. The zero-order chi connectivity index (χ0) is 27.4. The van der Waals surface area contributed by atoms with Crippen LogP contribution >= 0.6 is 0 Å². The van der Waals surface area contributed by atoms with Crippen molar-refractivity contribution >= 4 is 34.2 Å². The first-order valence-electron chi connectivity index (χ1n) is 14.0. The lowest BCUT2D eigenvalue weighted by molar-refractivity contribution is -0.142. The number of fused-ring (bicyclic) bond motifs is 1. The maximum atomic E-state index is 13.3. The van der Waals surface area contributed by atoms with Gasteiger partial charge >= 0.3 is 5.97 Å². The maximum Gasteiger partial charge on any atom is 0.308 e. The maximum absolute atomic E-state index is 13.3. The van der Waals surface area contributed by atoms with Gasteiger partial charge in [-0.1, -0.05) is 30.3 Å². The summed E-state index contributed by atoms with van der Waals surface area (Å²) in [4.78, 5) is 40.8. The highest BCUT2D eigenvalue weighted by Crippen LogP contribution is 2.30. The van der Waals surface area contributed by atoms with Crippen LogP contribution in [0.2, 0.25) is 0 Å². The normalized spacial score (nSPS) is 18.8. The van der Waals surface area contributed by atoms with Gasteiger partial charge in [-0.15, -0.1) is 0 Å². The molecular formula is C30H37N5O4. The summed E-state index contributed by atoms with van der Waals surface area (Å²) in [6.07, 6.45) is 4.38. The van der Waals surface area contributed by atoms with E-state index in [0.717, 1.165) is 62.9 Å². The molecule has 0 aliphatic carbocycles. The van der Waals surface area contributed by atoms with Crippen molar-refractivity contribution in [2.75, 3.05) is 42.9 Å². The van der Waals surface area contributed by atoms with Gasteiger partial charge in [0.15, 0.2) is 5.82 Å². The van der Waals surface area contributed by atoms with Crippen LogP contribution in [0.5, 0.6) is 0 Å². The number of nitrogens with zero attached hydrogens (tertiary/aromatic N) is 4. The molecule has 1 atom stereocenters. The van der Waals surface area contributed by atoms with Crippen molar-refractivity contribution in [2.45, 2.75) is 51.5 Å². The number of rotatable bonds is 8. The Morgan fingerprint density at radius 3 is 2.51 bits per heavy atom. The number of likely N-dealkylation sites (tertiary alicyclic amines) is 1. The molecule has 5 rings (SSSR count). The Morgan fingerprint density at radius 2 is 1.77 bits per heavy atom. The molecule has 206 valence electrons. The van der Waals surface area contributed by atoms with Gasteiger partial charge in [-0.3, -0.25) is 14.4 Å². The van der Waals surface area contributed by atoms with Crippen LogP contribution in [-0.4, -0.2) is 64.4 Å². The van der Waals surface area contributed by atoms with E-state index in [-0.39, 0.29) is 11.5 Å². The number of carboxylic acid groups (broad SMARTS) is 1. The van der Waals surface area contributed by atoms with Gasteiger partial charge < -0.3 is 20.2 Å². The number of aromatic nitrogens is 2. The molecule has 9 nitrogen and oxygen atoms in total. The Labute approximate surface area is 228 Å². The quantitative estimate of drug-likeness (QED) is 0.454. The van der Waals surface area contributed by atoms with Crippen molar-refractivity contribution in [2.24, 2.45) is 5.92 Å². The standard InChI is InChI=1S/C30H37N5O4/c1-21(36)31-25-9-4-7-23(19-25)22-12-17-33(18-13-22)14-6-16-35-29(37)27-11-3-2-10-26(27)28(32-35)34-15-5-8-24(20-34)30(38)39/h2-4,7,9-11,19,22,24H,5-6,8,12-18,20H2,1H3,(H,31,36)(H,38,39). The number of benzene rings is 2. The molecule has 1 aromatic heterocycles. The lowest BCUT2D eigenvalue weighted by atomic mass is 9.89. The van der Waals surface area contributed by atoms with E-state index in [0.29, 0.717) is 36.6 Å². The number of hydrogen-bond donors (Lipinski definition) is 2. The molecule has 0 radical (unpaired) electrons. The molecule has 39 heavy (non-hydrogen) atoms. The molecule has 0 bridgehead atoms. The summed E-state index contributed by atoms with van der Waals surface area (Å²) >= 11 is 0. The third kappa shape index (κ3) is 6.30. The highest BCUT2D eigenvalue weighted by Gasteiger charge is 2.28. The number of carbonyl (C=O) groups is 2. The first-order valence-corrected chi connectivity index (χ1v) is 14.0. The van der Waals surface area contributed by atoms with E-state index in [1.165, 1.54) is 12.5 Å². The molecule has 9 heteroatoms. The average molecular weight is 532 g/mol. The van der Waals surface area contributed by atoms with Crippen LogP contribution < -0.4 is 15.8 Å². The van der Waals surface area contributed by atoms with Crippen molar-refractivity contribution in [1.82, 2.24) is 14.7 Å². The second-order valence-electron chi connectivity index (χ2n) is 10.8. The van der Waals surface area contributed by atoms with E-state index in [1.807, 2.05) is 41.3 Å².